The Morgan fingerprint density at radius 1 is 1.21 bits per heavy atom. The summed E-state index contributed by atoms with van der Waals surface area (Å²) in [4.78, 5) is 21.4. The van der Waals surface area contributed by atoms with Crippen molar-refractivity contribution in [2.75, 3.05) is 20.6 Å². The third-order valence-corrected chi connectivity index (χ3v) is 7.27. The Kier molecular flexibility index (Phi) is 7.51. The van der Waals surface area contributed by atoms with Crippen molar-refractivity contribution in [3.8, 4) is 11.3 Å². The van der Waals surface area contributed by atoms with Crippen molar-refractivity contribution in [1.29, 1.82) is 0 Å². The van der Waals surface area contributed by atoms with Gasteiger partial charge < -0.3 is 10.4 Å². The first-order chi connectivity index (χ1) is 18.3. The van der Waals surface area contributed by atoms with E-state index in [0.29, 0.717) is 37.1 Å². The van der Waals surface area contributed by atoms with Gasteiger partial charge in [-0.1, -0.05) is 18.2 Å². The number of carbonyl (C=O) groups is 1. The zero-order valence-electron chi connectivity index (χ0n) is 21.9. The van der Waals surface area contributed by atoms with Gasteiger partial charge in [-0.15, -0.1) is 0 Å². The Bertz CT molecular complexity index is 1440. The average molecular weight is 517 g/mol. The van der Waals surface area contributed by atoms with Crippen molar-refractivity contribution in [3.63, 3.8) is 0 Å². The smallest absolute Gasteiger partial charge is 0.251 e. The molecule has 1 saturated heterocycles. The minimum atomic E-state index is -0.697. The highest BCUT2D eigenvalue weighted by Crippen LogP contribution is 2.28. The second kappa shape index (κ2) is 11.0. The van der Waals surface area contributed by atoms with Gasteiger partial charge >= 0.3 is 0 Å². The van der Waals surface area contributed by atoms with Crippen molar-refractivity contribution in [3.05, 3.63) is 83.4 Å². The summed E-state index contributed by atoms with van der Waals surface area (Å²) in [5.41, 5.74) is 4.56. The number of carbonyl (C=O) groups excluding carboxylic acids is 1. The molecule has 1 aliphatic heterocycles. The van der Waals surface area contributed by atoms with Crippen LogP contribution in [0.1, 0.15) is 34.5 Å². The van der Waals surface area contributed by atoms with Crippen molar-refractivity contribution in [1.82, 2.24) is 30.3 Å². The third-order valence-electron chi connectivity index (χ3n) is 7.27. The van der Waals surface area contributed by atoms with Crippen molar-refractivity contribution >= 4 is 16.8 Å². The molecule has 5 rings (SSSR count). The summed E-state index contributed by atoms with van der Waals surface area (Å²) in [5, 5.41) is 22.4. The molecule has 2 aromatic carbocycles. The van der Waals surface area contributed by atoms with E-state index in [0.717, 1.165) is 27.9 Å². The number of benzene rings is 2. The molecule has 0 aliphatic carbocycles. The van der Waals surface area contributed by atoms with Crippen LogP contribution < -0.4 is 5.32 Å². The van der Waals surface area contributed by atoms with Crippen LogP contribution in [0.25, 0.3) is 22.2 Å². The van der Waals surface area contributed by atoms with Crippen molar-refractivity contribution < 1.29 is 14.3 Å². The van der Waals surface area contributed by atoms with E-state index in [9.17, 15) is 14.3 Å². The van der Waals surface area contributed by atoms with Gasteiger partial charge in [0.15, 0.2) is 0 Å². The molecule has 2 aromatic heterocycles. The number of amides is 1. The first kappa shape index (κ1) is 26.0. The highest BCUT2D eigenvalue weighted by molar-refractivity contribution is 6.01. The highest BCUT2D eigenvalue weighted by atomic mass is 19.1. The molecular weight excluding hydrogens is 483 g/mol. The van der Waals surface area contributed by atoms with Crippen molar-refractivity contribution in [2.24, 2.45) is 0 Å². The number of aliphatic hydroxyl groups excluding tert-OH is 1. The van der Waals surface area contributed by atoms with Crippen LogP contribution in [0, 0.1) is 12.7 Å². The second-order valence-corrected chi connectivity index (χ2v) is 10.2. The number of aromatic amines is 1. The molecule has 0 radical (unpaired) electrons. The normalized spacial score (nSPS) is 19.1. The van der Waals surface area contributed by atoms with Crippen LogP contribution in [0.15, 0.2) is 60.8 Å². The summed E-state index contributed by atoms with van der Waals surface area (Å²) in [7, 11) is 3.65. The van der Waals surface area contributed by atoms with Crippen LogP contribution in [-0.2, 0) is 6.54 Å². The summed E-state index contributed by atoms with van der Waals surface area (Å²) in [6, 6.07) is 15.8. The molecule has 1 unspecified atom stereocenters. The van der Waals surface area contributed by atoms with Gasteiger partial charge in [-0.2, -0.15) is 5.10 Å². The predicted octanol–water partition coefficient (Wildman–Crippen LogP) is 3.72. The van der Waals surface area contributed by atoms with E-state index in [1.165, 1.54) is 6.07 Å². The first-order valence-electron chi connectivity index (χ1n) is 12.8. The van der Waals surface area contributed by atoms with E-state index in [-0.39, 0.29) is 23.8 Å². The fourth-order valence-corrected chi connectivity index (χ4v) is 5.23. The van der Waals surface area contributed by atoms with E-state index in [1.54, 1.807) is 29.3 Å². The molecule has 1 fully saturated rings. The number of aryl methyl sites for hydroxylation is 1. The molecule has 0 bridgehead atoms. The predicted molar refractivity (Wildman–Crippen MR) is 145 cm³/mol. The van der Waals surface area contributed by atoms with E-state index in [2.05, 4.69) is 25.4 Å². The van der Waals surface area contributed by atoms with Gasteiger partial charge in [-0.3, -0.25) is 24.7 Å². The molecule has 3 atom stereocenters. The number of nitrogens with one attached hydrogen (secondary N) is 2. The summed E-state index contributed by atoms with van der Waals surface area (Å²) in [5.74, 6) is -0.447. The Balaban J connectivity index is 1.35. The number of fused-ring (bicyclic) bond motifs is 1. The van der Waals surface area contributed by atoms with Crippen LogP contribution >= 0.6 is 0 Å². The number of rotatable bonds is 7. The minimum absolute atomic E-state index is 0.137. The Morgan fingerprint density at radius 3 is 2.79 bits per heavy atom. The number of likely N-dealkylation sites (N-methyl/N-ethyl adjacent to an activating group) is 1. The summed E-state index contributed by atoms with van der Waals surface area (Å²) >= 11 is 0. The lowest BCUT2D eigenvalue weighted by Crippen LogP contribution is -2.57. The molecule has 38 heavy (non-hydrogen) atoms. The maximum atomic E-state index is 14.5. The number of aliphatic hydroxyl groups is 1. The molecule has 4 aromatic rings. The molecule has 1 amide bonds. The third kappa shape index (κ3) is 5.45. The number of piperidine rings is 1. The Morgan fingerprint density at radius 2 is 2.03 bits per heavy atom. The quantitative estimate of drug-likeness (QED) is 0.324. The molecule has 3 N–H and O–H groups in total. The second-order valence-electron chi connectivity index (χ2n) is 10.2. The van der Waals surface area contributed by atoms with Crippen LogP contribution in [0.5, 0.6) is 0 Å². The molecule has 1 aliphatic rings. The van der Waals surface area contributed by atoms with E-state index < -0.39 is 6.23 Å². The molecule has 198 valence electrons. The average Bonchev–Trinajstić information content (AvgIpc) is 3.33. The lowest BCUT2D eigenvalue weighted by Gasteiger charge is -2.43. The van der Waals surface area contributed by atoms with Crippen molar-refractivity contribution in [2.45, 2.75) is 44.6 Å². The van der Waals surface area contributed by atoms with E-state index in [4.69, 9.17) is 0 Å². The fourth-order valence-electron chi connectivity index (χ4n) is 5.23. The van der Waals surface area contributed by atoms with Gasteiger partial charge in [0.2, 0.25) is 0 Å². The first-order valence-corrected chi connectivity index (χ1v) is 12.8. The number of aromatic nitrogens is 3. The maximum Gasteiger partial charge on any atom is 0.251 e. The molecule has 3 heterocycles. The number of likely N-dealkylation sites (tertiary alicyclic amines) is 1. The lowest BCUT2D eigenvalue weighted by molar-refractivity contribution is -0.0585. The standard InChI is InChI=1S/C29H33FN6O2/c1-18-14-19(12-13-31-18)27-23-15-20(8-10-25(23)33-34-27)28(37)32-22-9-11-26(29(38)35(2)3)36(17-22)16-21-6-4-5-7-24(21)30/h4-8,10,12-15,22,26,29,38H,9,11,16-17H2,1-3H3,(H,32,37)(H,33,34)/t22-,26+,29?/m1/s1. The number of hydrogen-bond donors (Lipinski definition) is 3. The van der Waals surface area contributed by atoms with Crippen LogP contribution in [0.3, 0.4) is 0 Å². The van der Waals surface area contributed by atoms with Crippen LogP contribution in [0.4, 0.5) is 4.39 Å². The summed E-state index contributed by atoms with van der Waals surface area (Å²) in [6.07, 6.45) is 2.44. The van der Waals surface area contributed by atoms with Gasteiger partial charge in [0.25, 0.3) is 5.91 Å². The zero-order chi connectivity index (χ0) is 26.8. The SMILES string of the molecule is Cc1cc(-c2n[nH]c3ccc(C(=O)N[C@@H]4CC[C@@H](C(O)N(C)C)N(Cc5ccccc5F)C4)cc23)ccn1. The molecule has 0 saturated carbocycles. The number of halogens is 1. The minimum Gasteiger partial charge on any atom is -0.377 e. The molecule has 8 nitrogen and oxygen atoms in total. The highest BCUT2D eigenvalue weighted by Gasteiger charge is 2.35. The van der Waals surface area contributed by atoms with Gasteiger partial charge in [-0.25, -0.2) is 4.39 Å². The topological polar surface area (TPSA) is 97.4 Å². The lowest BCUT2D eigenvalue weighted by atomic mass is 9.95. The monoisotopic (exact) mass is 516 g/mol. The van der Waals surface area contributed by atoms with Gasteiger partial charge in [0.05, 0.1) is 5.52 Å². The van der Waals surface area contributed by atoms with E-state index >= 15 is 0 Å². The van der Waals surface area contributed by atoms with Crippen LogP contribution in [-0.4, -0.2) is 74.9 Å². The van der Waals surface area contributed by atoms with E-state index in [1.807, 2.05) is 51.4 Å². The molecule has 0 spiro atoms. The number of H-pyrrole nitrogens is 1. The fraction of sp³-hybridized carbons (Fsp3) is 0.345. The summed E-state index contributed by atoms with van der Waals surface area (Å²) < 4.78 is 14.5. The van der Waals surface area contributed by atoms with Crippen LogP contribution in [0.2, 0.25) is 0 Å². The molecule has 9 heteroatoms. The zero-order valence-corrected chi connectivity index (χ0v) is 21.9. The number of nitrogens with zero attached hydrogens (tertiary/aromatic N) is 4. The number of hydrogen-bond acceptors (Lipinski definition) is 6. The van der Waals surface area contributed by atoms with Gasteiger partial charge in [-0.05, 0) is 70.3 Å². The Hall–Kier alpha value is -3.66. The number of pyridine rings is 1. The van der Waals surface area contributed by atoms with Gasteiger partial charge in [0, 0.05) is 59.1 Å². The largest absolute Gasteiger partial charge is 0.377 e. The summed E-state index contributed by atoms with van der Waals surface area (Å²) in [6.45, 7) is 2.79. The Labute approximate surface area is 221 Å². The maximum absolute atomic E-state index is 14.5. The molecular formula is C29H33FN6O2. The van der Waals surface area contributed by atoms with Gasteiger partial charge in [0.1, 0.15) is 17.7 Å².